The predicted molar refractivity (Wildman–Crippen MR) is 136 cm³/mol. The van der Waals surface area contributed by atoms with Crippen LogP contribution in [0.3, 0.4) is 0 Å². The fourth-order valence-corrected chi connectivity index (χ4v) is 4.55. The molecule has 0 aromatic heterocycles. The molecule has 14 heteroatoms. The van der Waals surface area contributed by atoms with E-state index in [-0.39, 0.29) is 50.0 Å². The number of likely N-dealkylation sites (N-methyl/N-ethyl adjacent to an activating group) is 1. The van der Waals surface area contributed by atoms with Crippen molar-refractivity contribution in [2.24, 2.45) is 0 Å². The minimum absolute atomic E-state index is 0.0732. The molecular weight excluding hydrogens is 523 g/mol. The third-order valence-corrected chi connectivity index (χ3v) is 6.59. The van der Waals surface area contributed by atoms with Gasteiger partial charge in [0.25, 0.3) is 0 Å². The van der Waals surface area contributed by atoms with Crippen molar-refractivity contribution in [2.75, 3.05) is 45.6 Å². The van der Waals surface area contributed by atoms with Gasteiger partial charge in [0, 0.05) is 18.2 Å². The molecule has 38 heavy (non-hydrogen) atoms. The Bertz CT molecular complexity index is 1070. The van der Waals surface area contributed by atoms with Crippen molar-refractivity contribution < 1.29 is 51.8 Å². The van der Waals surface area contributed by atoms with E-state index < -0.39 is 32.2 Å². The Morgan fingerprint density at radius 2 is 1.29 bits per heavy atom. The number of nitrogens with zero attached hydrogens (tertiary/aromatic N) is 1. The first kappa shape index (κ1) is 30.8. The molecule has 0 saturated carbocycles. The van der Waals surface area contributed by atoms with Crippen LogP contribution in [-0.2, 0) is 39.1 Å². The lowest BCUT2D eigenvalue weighted by Crippen LogP contribution is -2.29. The summed E-state index contributed by atoms with van der Waals surface area (Å²) >= 11 is 0. The van der Waals surface area contributed by atoms with E-state index in [0.29, 0.717) is 16.7 Å². The summed E-state index contributed by atoms with van der Waals surface area (Å²) in [5, 5.41) is 0.944. The first-order valence-corrected chi connectivity index (χ1v) is 13.6. The number of carbonyl (C=O) groups excluding carboxylic acids is 3. The molecule has 0 unspecified atom stereocenters. The molecule has 0 fully saturated rings. The molecule has 2 rings (SSSR count). The second-order valence-corrected chi connectivity index (χ2v) is 9.48. The van der Waals surface area contributed by atoms with Crippen molar-refractivity contribution in [1.82, 2.24) is 5.06 Å². The van der Waals surface area contributed by atoms with E-state index in [2.05, 4.69) is 0 Å². The molecule has 0 atom stereocenters. The zero-order valence-corrected chi connectivity index (χ0v) is 22.9. The lowest BCUT2D eigenvalue weighted by molar-refractivity contribution is -0.172. The van der Waals surface area contributed by atoms with Crippen molar-refractivity contribution in [2.45, 2.75) is 34.1 Å². The van der Waals surface area contributed by atoms with Gasteiger partial charge in [0.1, 0.15) is 5.69 Å². The molecule has 2 aliphatic rings. The Labute approximate surface area is 220 Å². The number of hydrogen-bond acceptors (Lipinski definition) is 12. The van der Waals surface area contributed by atoms with Crippen molar-refractivity contribution in [3.63, 3.8) is 0 Å². The van der Waals surface area contributed by atoms with Gasteiger partial charge >= 0.3 is 19.9 Å². The topological polar surface area (TPSA) is 162 Å². The van der Waals surface area contributed by atoms with Gasteiger partial charge in [-0.15, -0.1) is 0 Å². The van der Waals surface area contributed by atoms with E-state index >= 15 is 0 Å². The monoisotopic (exact) mass is 556 g/mol. The van der Waals surface area contributed by atoms with Gasteiger partial charge in [-0.1, -0.05) is 24.3 Å². The van der Waals surface area contributed by atoms with Crippen LogP contribution in [0.25, 0.3) is 11.1 Å². The number of hydrogen-bond donors (Lipinski definition) is 1. The van der Waals surface area contributed by atoms with Crippen LogP contribution in [0.15, 0.2) is 24.3 Å². The van der Waals surface area contributed by atoms with Crippen LogP contribution in [-0.4, -0.2) is 63.1 Å². The van der Waals surface area contributed by atoms with E-state index in [1.165, 1.54) is 7.05 Å². The van der Waals surface area contributed by atoms with Crippen LogP contribution >= 0.6 is 7.60 Å². The molecule has 0 aromatic rings. The maximum atomic E-state index is 12.7. The molecule has 2 aliphatic carbocycles. The van der Waals surface area contributed by atoms with Crippen molar-refractivity contribution in [3.8, 4) is 22.6 Å². The minimum atomic E-state index is -3.51. The summed E-state index contributed by atoms with van der Waals surface area (Å²) in [6, 6.07) is 6.32. The minimum Gasteiger partial charge on any atom is -0.434 e. The number of nitrogens with two attached hydrogens (primary N) is 1. The van der Waals surface area contributed by atoms with Gasteiger partial charge in [-0.3, -0.25) is 14.2 Å². The summed E-state index contributed by atoms with van der Waals surface area (Å²) in [7, 11) is -2.13. The third kappa shape index (κ3) is 8.32. The Morgan fingerprint density at radius 3 is 1.71 bits per heavy atom. The molecule has 0 heterocycles. The standard InChI is InChI=1S/C24H33N2O11P/c1-6-31-23(28)36-21-17-12-10-16(11-13-18(17)22(20(21)25)37-24(29)32-7-2)14-19(27)26(5)33-15-38(30,34-8-3)35-9-4/h10-13H,6-9,14-15,25H2,1-5H3. The van der Waals surface area contributed by atoms with Gasteiger partial charge in [0.2, 0.25) is 5.91 Å². The zero-order valence-electron chi connectivity index (χ0n) is 22.0. The molecular formula is C24H33N2O11P. The smallest absolute Gasteiger partial charge is 0.434 e. The average Bonchev–Trinajstić information content (AvgIpc) is 2.98. The Hall–Kier alpha value is -3.38. The lowest BCUT2D eigenvalue weighted by Gasteiger charge is -2.21. The first-order chi connectivity index (χ1) is 18.1. The predicted octanol–water partition coefficient (Wildman–Crippen LogP) is 4.60. The van der Waals surface area contributed by atoms with Crippen LogP contribution < -0.4 is 15.2 Å². The highest BCUT2D eigenvalue weighted by Gasteiger charge is 2.29. The molecule has 0 radical (unpaired) electrons. The number of hydroxylamine groups is 2. The normalized spacial score (nSPS) is 11.2. The van der Waals surface area contributed by atoms with Crippen molar-refractivity contribution in [1.29, 1.82) is 0 Å². The molecule has 1 amide bonds. The van der Waals surface area contributed by atoms with Gasteiger partial charge in [-0.05, 0) is 33.3 Å². The van der Waals surface area contributed by atoms with Crippen LogP contribution in [0.2, 0.25) is 0 Å². The lowest BCUT2D eigenvalue weighted by atomic mass is 10.2. The van der Waals surface area contributed by atoms with E-state index in [9.17, 15) is 18.9 Å². The second-order valence-electron chi connectivity index (χ2n) is 7.48. The Balaban J connectivity index is 2.31. The van der Waals surface area contributed by atoms with Gasteiger partial charge < -0.3 is 33.7 Å². The number of amides is 1. The molecule has 0 aromatic carbocycles. The van der Waals surface area contributed by atoms with Crippen LogP contribution in [0.5, 0.6) is 11.5 Å². The summed E-state index contributed by atoms with van der Waals surface area (Å²) < 4.78 is 43.1. The number of rotatable bonds is 13. The van der Waals surface area contributed by atoms with E-state index in [4.69, 9.17) is 38.6 Å². The molecule has 210 valence electrons. The molecule has 0 saturated heterocycles. The van der Waals surface area contributed by atoms with Crippen molar-refractivity contribution >= 4 is 31.5 Å². The Morgan fingerprint density at radius 1 is 0.816 bits per heavy atom. The van der Waals surface area contributed by atoms with E-state index in [0.717, 1.165) is 5.06 Å². The second kappa shape index (κ2) is 14.5. The number of nitrogen functional groups attached to an aromatic ring is 1. The summed E-state index contributed by atoms with van der Waals surface area (Å²) in [6.45, 7) is 7.01. The highest BCUT2D eigenvalue weighted by Crippen LogP contribution is 2.50. The maximum Gasteiger partial charge on any atom is 0.513 e. The first-order valence-electron chi connectivity index (χ1n) is 11.9. The molecule has 0 bridgehead atoms. The summed E-state index contributed by atoms with van der Waals surface area (Å²) in [5.74, 6) is -0.607. The Kier molecular flexibility index (Phi) is 11.8. The fraction of sp³-hybridized carbons (Fsp3) is 0.458. The number of ether oxygens (including phenoxy) is 4. The van der Waals surface area contributed by atoms with E-state index in [1.807, 2.05) is 0 Å². The summed E-state index contributed by atoms with van der Waals surface area (Å²) in [4.78, 5) is 42.0. The van der Waals surface area contributed by atoms with Crippen LogP contribution in [0, 0.1) is 0 Å². The van der Waals surface area contributed by atoms with E-state index in [1.54, 1.807) is 52.0 Å². The zero-order chi connectivity index (χ0) is 28.3. The third-order valence-electron chi connectivity index (χ3n) is 4.86. The van der Waals surface area contributed by atoms with Crippen LogP contribution in [0.4, 0.5) is 15.3 Å². The summed E-state index contributed by atoms with van der Waals surface area (Å²) in [5.41, 5.74) is 7.21. The molecule has 13 nitrogen and oxygen atoms in total. The quantitative estimate of drug-likeness (QED) is 0.208. The highest BCUT2D eigenvalue weighted by molar-refractivity contribution is 7.53. The van der Waals surface area contributed by atoms with Crippen LogP contribution in [0.1, 0.15) is 33.3 Å². The number of carbonyl (C=O) groups is 3. The molecule has 0 spiro atoms. The van der Waals surface area contributed by atoms with Gasteiger partial charge in [-0.25, -0.2) is 14.7 Å². The summed E-state index contributed by atoms with van der Waals surface area (Å²) in [6.07, 6.45) is -2.54. The highest BCUT2D eigenvalue weighted by atomic mass is 31.2. The average molecular weight is 557 g/mol. The van der Waals surface area contributed by atoms with Crippen molar-refractivity contribution in [3.05, 3.63) is 29.8 Å². The SMILES string of the molecule is CCOC(=O)Oc1c2ccc(CC(=O)N(C)OCP(=O)(OCC)OCC)ccc-2c(OC(=O)OCC)c1N. The largest absolute Gasteiger partial charge is 0.513 e. The fourth-order valence-electron chi connectivity index (χ4n) is 3.22. The van der Waals surface area contributed by atoms with Gasteiger partial charge in [0.05, 0.1) is 32.8 Å². The van der Waals surface area contributed by atoms with Gasteiger partial charge in [0.15, 0.2) is 17.8 Å². The molecule has 2 N–H and O–H groups in total. The molecule has 0 aliphatic heterocycles. The van der Waals surface area contributed by atoms with Gasteiger partial charge in [-0.2, -0.15) is 0 Å². The maximum absolute atomic E-state index is 12.7. The number of anilines is 1. The number of fused-ring (bicyclic) bond motifs is 1.